The predicted molar refractivity (Wildman–Crippen MR) is 94.5 cm³/mol. The van der Waals surface area contributed by atoms with Gasteiger partial charge in [-0.2, -0.15) is 5.10 Å². The Bertz CT molecular complexity index is 816. The second-order valence-electron chi connectivity index (χ2n) is 6.58. The third kappa shape index (κ3) is 4.19. The van der Waals surface area contributed by atoms with Crippen molar-refractivity contribution in [1.82, 2.24) is 20.8 Å². The molecule has 1 aromatic carbocycles. The van der Waals surface area contributed by atoms with E-state index >= 15 is 0 Å². The molecule has 2 atom stereocenters. The number of carbonyl (C=O) groups excluding carboxylic acids is 3. The van der Waals surface area contributed by atoms with Crippen molar-refractivity contribution < 1.29 is 19.1 Å². The van der Waals surface area contributed by atoms with Crippen LogP contribution in [-0.4, -0.2) is 40.8 Å². The molecule has 26 heavy (non-hydrogen) atoms. The number of hydrogen-bond acceptors (Lipinski definition) is 5. The Hall–Kier alpha value is -2.90. The summed E-state index contributed by atoms with van der Waals surface area (Å²) in [5, 5.41) is 12.2. The average molecular weight is 358 g/mol. The summed E-state index contributed by atoms with van der Waals surface area (Å²) >= 11 is 0. The van der Waals surface area contributed by atoms with Crippen molar-refractivity contribution >= 4 is 28.8 Å². The molecule has 0 unspecified atom stereocenters. The number of carbonyl (C=O) groups is 3. The summed E-state index contributed by atoms with van der Waals surface area (Å²) < 4.78 is 4.95. The molecule has 138 valence electrons. The molecule has 3 N–H and O–H groups in total. The van der Waals surface area contributed by atoms with Gasteiger partial charge in [-0.1, -0.05) is 38.0 Å². The Morgan fingerprint density at radius 2 is 2.00 bits per heavy atom. The van der Waals surface area contributed by atoms with Crippen molar-refractivity contribution in [1.29, 1.82) is 0 Å². The van der Waals surface area contributed by atoms with Crippen molar-refractivity contribution in [2.75, 3.05) is 6.61 Å². The molecule has 0 radical (unpaired) electrons. The second kappa shape index (κ2) is 7.99. The van der Waals surface area contributed by atoms with Gasteiger partial charge in [0, 0.05) is 11.4 Å². The number of ether oxygens (including phenoxy) is 1. The number of rotatable bonds is 4. The van der Waals surface area contributed by atoms with Gasteiger partial charge in [-0.3, -0.25) is 15.2 Å². The number of esters is 1. The summed E-state index contributed by atoms with van der Waals surface area (Å²) in [5.41, 5.74) is 0.804. The Morgan fingerprint density at radius 3 is 2.81 bits per heavy atom. The van der Waals surface area contributed by atoms with Gasteiger partial charge in [-0.15, -0.1) is 0 Å². The summed E-state index contributed by atoms with van der Waals surface area (Å²) in [6.45, 7) is 1.54. The van der Waals surface area contributed by atoms with Crippen LogP contribution in [0.4, 0.5) is 4.79 Å². The Kier molecular flexibility index (Phi) is 5.50. The highest BCUT2D eigenvalue weighted by Crippen LogP contribution is 2.23. The van der Waals surface area contributed by atoms with E-state index < -0.39 is 24.5 Å². The van der Waals surface area contributed by atoms with Crippen LogP contribution in [-0.2, 0) is 9.53 Å². The number of hydrogen-bond donors (Lipinski definition) is 3. The van der Waals surface area contributed by atoms with E-state index in [4.69, 9.17) is 4.74 Å². The highest BCUT2D eigenvalue weighted by atomic mass is 16.5. The molecule has 2 aromatic rings. The zero-order valence-corrected chi connectivity index (χ0v) is 14.6. The number of aromatic nitrogens is 2. The first-order valence-corrected chi connectivity index (χ1v) is 8.75. The molecule has 8 heteroatoms. The molecule has 3 amide bonds. The van der Waals surface area contributed by atoms with Gasteiger partial charge in [-0.05, 0) is 24.8 Å². The lowest BCUT2D eigenvalue weighted by molar-refractivity contribution is -0.123. The van der Waals surface area contributed by atoms with Gasteiger partial charge in [0.15, 0.2) is 12.3 Å². The molecule has 1 heterocycles. The minimum atomic E-state index is -0.723. The summed E-state index contributed by atoms with van der Waals surface area (Å²) in [6, 6.07) is 6.60. The van der Waals surface area contributed by atoms with Crippen molar-refractivity contribution in [3.63, 3.8) is 0 Å². The highest BCUT2D eigenvalue weighted by molar-refractivity contribution is 6.03. The quantitative estimate of drug-likeness (QED) is 0.725. The number of imide groups is 1. The first-order chi connectivity index (χ1) is 12.5. The lowest BCUT2D eigenvalue weighted by Crippen LogP contribution is -2.48. The van der Waals surface area contributed by atoms with Crippen LogP contribution in [0.3, 0.4) is 0 Å². The number of urea groups is 1. The zero-order chi connectivity index (χ0) is 18.5. The van der Waals surface area contributed by atoms with E-state index in [1.54, 1.807) is 18.2 Å². The van der Waals surface area contributed by atoms with E-state index in [0.717, 1.165) is 25.7 Å². The minimum absolute atomic E-state index is 0.0644. The molecule has 0 bridgehead atoms. The summed E-state index contributed by atoms with van der Waals surface area (Å²) in [7, 11) is 0. The number of fused-ring (bicyclic) bond motifs is 1. The van der Waals surface area contributed by atoms with Crippen LogP contribution in [0.25, 0.3) is 10.9 Å². The number of aromatic amines is 1. The molecule has 8 nitrogen and oxygen atoms in total. The SMILES string of the molecule is C[C@H]1CCCC[C@@H]1NC(=O)NC(=O)COC(=O)c1n[nH]c2ccccc12. The normalized spacial score (nSPS) is 19.7. The van der Waals surface area contributed by atoms with Gasteiger partial charge in [0.1, 0.15) is 0 Å². The van der Waals surface area contributed by atoms with E-state index in [1.165, 1.54) is 0 Å². The van der Waals surface area contributed by atoms with Crippen LogP contribution in [0.5, 0.6) is 0 Å². The number of para-hydroxylation sites is 1. The highest BCUT2D eigenvalue weighted by Gasteiger charge is 2.24. The zero-order valence-electron chi connectivity index (χ0n) is 14.6. The van der Waals surface area contributed by atoms with Gasteiger partial charge in [0.2, 0.25) is 0 Å². The average Bonchev–Trinajstić information content (AvgIpc) is 3.06. The fraction of sp³-hybridized carbons (Fsp3) is 0.444. The molecular weight excluding hydrogens is 336 g/mol. The second-order valence-corrected chi connectivity index (χ2v) is 6.58. The number of amides is 3. The number of nitrogens with one attached hydrogen (secondary N) is 3. The van der Waals surface area contributed by atoms with Crippen LogP contribution in [0.1, 0.15) is 43.1 Å². The van der Waals surface area contributed by atoms with Gasteiger partial charge in [0.25, 0.3) is 5.91 Å². The molecule has 0 spiro atoms. The predicted octanol–water partition coefficient (Wildman–Crippen LogP) is 2.12. The third-order valence-corrected chi connectivity index (χ3v) is 4.68. The van der Waals surface area contributed by atoms with Crippen LogP contribution >= 0.6 is 0 Å². The number of nitrogens with zero attached hydrogens (tertiary/aromatic N) is 1. The maximum absolute atomic E-state index is 12.1. The van der Waals surface area contributed by atoms with E-state index in [0.29, 0.717) is 16.8 Å². The standard InChI is InChI=1S/C18H22N4O4/c1-11-6-2-4-8-13(11)19-18(25)20-15(23)10-26-17(24)16-12-7-3-5-9-14(12)21-22-16/h3,5,7,9,11,13H,2,4,6,8,10H2,1H3,(H,21,22)(H2,19,20,23,25)/t11-,13-/m0/s1. The number of benzene rings is 1. The van der Waals surface area contributed by atoms with Crippen molar-refractivity contribution in [2.24, 2.45) is 5.92 Å². The van der Waals surface area contributed by atoms with Gasteiger partial charge >= 0.3 is 12.0 Å². The Labute approximate surface area is 150 Å². The van der Waals surface area contributed by atoms with E-state index in [-0.39, 0.29) is 11.7 Å². The fourth-order valence-electron chi connectivity index (χ4n) is 3.22. The minimum Gasteiger partial charge on any atom is -0.451 e. The fourth-order valence-corrected chi connectivity index (χ4v) is 3.22. The molecule has 1 fully saturated rings. The molecule has 1 aromatic heterocycles. The lowest BCUT2D eigenvalue weighted by atomic mass is 9.86. The molecule has 3 rings (SSSR count). The molecule has 1 aliphatic carbocycles. The first-order valence-electron chi connectivity index (χ1n) is 8.75. The summed E-state index contributed by atoms with van der Waals surface area (Å²) in [6.07, 6.45) is 4.20. The molecule has 0 aliphatic heterocycles. The van der Waals surface area contributed by atoms with Crippen molar-refractivity contribution in [3.05, 3.63) is 30.0 Å². The largest absolute Gasteiger partial charge is 0.451 e. The van der Waals surface area contributed by atoms with Crippen molar-refractivity contribution in [3.8, 4) is 0 Å². The number of H-pyrrole nitrogens is 1. The molecule has 1 saturated carbocycles. The van der Waals surface area contributed by atoms with Crippen LogP contribution in [0.15, 0.2) is 24.3 Å². The Morgan fingerprint density at radius 1 is 1.23 bits per heavy atom. The van der Waals surface area contributed by atoms with E-state index in [9.17, 15) is 14.4 Å². The van der Waals surface area contributed by atoms with Crippen LogP contribution in [0.2, 0.25) is 0 Å². The van der Waals surface area contributed by atoms with Crippen LogP contribution < -0.4 is 10.6 Å². The molecular formula is C18H22N4O4. The lowest BCUT2D eigenvalue weighted by Gasteiger charge is -2.29. The summed E-state index contributed by atoms with van der Waals surface area (Å²) in [5.74, 6) is -1.02. The monoisotopic (exact) mass is 358 g/mol. The van der Waals surface area contributed by atoms with E-state index in [1.807, 2.05) is 6.07 Å². The first kappa shape index (κ1) is 17.9. The van der Waals surface area contributed by atoms with E-state index in [2.05, 4.69) is 27.8 Å². The Balaban J connectivity index is 1.47. The van der Waals surface area contributed by atoms with Gasteiger partial charge in [-0.25, -0.2) is 9.59 Å². The molecule has 1 aliphatic rings. The smallest absolute Gasteiger partial charge is 0.359 e. The van der Waals surface area contributed by atoms with Crippen LogP contribution in [0, 0.1) is 5.92 Å². The summed E-state index contributed by atoms with van der Waals surface area (Å²) in [4.78, 5) is 35.8. The van der Waals surface area contributed by atoms with Crippen molar-refractivity contribution in [2.45, 2.75) is 38.6 Å². The van der Waals surface area contributed by atoms with Gasteiger partial charge < -0.3 is 10.1 Å². The maximum atomic E-state index is 12.1. The maximum Gasteiger partial charge on any atom is 0.359 e. The van der Waals surface area contributed by atoms with Gasteiger partial charge in [0.05, 0.1) is 5.52 Å². The molecule has 0 saturated heterocycles. The third-order valence-electron chi connectivity index (χ3n) is 4.68. The topological polar surface area (TPSA) is 113 Å².